The molecule has 10 heavy (non-hydrogen) atoms. The lowest BCUT2D eigenvalue weighted by Gasteiger charge is -2.10. The number of aliphatic hydroxyl groups is 1. The number of carbonyl (C=O) groups is 1. The zero-order valence-electron chi connectivity index (χ0n) is 6.12. The number of carbonyl (C=O) groups excluding carboxylic acids is 1. The van der Waals surface area contributed by atoms with E-state index in [0.717, 1.165) is 0 Å². The maximum absolute atomic E-state index is 10.2. The molecule has 0 saturated carbocycles. The Balaban J connectivity index is 3.49. The van der Waals surface area contributed by atoms with Crippen molar-refractivity contribution in [3.63, 3.8) is 0 Å². The van der Waals surface area contributed by atoms with Crippen molar-refractivity contribution in [2.24, 2.45) is 0 Å². The fourth-order valence-electron chi connectivity index (χ4n) is 0.645. The molecule has 3 nitrogen and oxygen atoms in total. The molecule has 0 aromatic carbocycles. The van der Waals surface area contributed by atoms with E-state index in [-0.39, 0.29) is 6.42 Å². The van der Waals surface area contributed by atoms with Crippen molar-refractivity contribution in [1.82, 2.24) is 0 Å². The number of hydrogen-bond acceptors (Lipinski definition) is 3. The zero-order chi connectivity index (χ0) is 7.98. The van der Waals surface area contributed by atoms with Crippen LogP contribution in [0.1, 0.15) is 13.3 Å². The molecule has 0 amide bonds. The van der Waals surface area contributed by atoms with Crippen LogP contribution >= 0.6 is 0 Å². The van der Waals surface area contributed by atoms with Crippen molar-refractivity contribution in [2.75, 3.05) is 6.61 Å². The van der Waals surface area contributed by atoms with E-state index in [1.165, 1.54) is 0 Å². The molecule has 0 rings (SSSR count). The molecular formula is C7H13O3. The summed E-state index contributed by atoms with van der Waals surface area (Å²) in [7, 11) is 0. The monoisotopic (exact) mass is 145 g/mol. The third-order valence-corrected chi connectivity index (χ3v) is 1.04. The van der Waals surface area contributed by atoms with Gasteiger partial charge in [0.25, 0.3) is 0 Å². The lowest BCUT2D eigenvalue weighted by molar-refractivity contribution is -0.119. The van der Waals surface area contributed by atoms with Crippen molar-refractivity contribution in [1.29, 1.82) is 0 Å². The van der Waals surface area contributed by atoms with Crippen molar-refractivity contribution < 1.29 is 14.6 Å². The van der Waals surface area contributed by atoms with E-state index < -0.39 is 12.2 Å². The van der Waals surface area contributed by atoms with Gasteiger partial charge < -0.3 is 14.6 Å². The third kappa shape index (κ3) is 4.47. The highest BCUT2D eigenvalue weighted by Gasteiger charge is 2.09. The van der Waals surface area contributed by atoms with Crippen LogP contribution < -0.4 is 0 Å². The second kappa shape index (κ2) is 5.38. The van der Waals surface area contributed by atoms with Crippen molar-refractivity contribution >= 4 is 6.29 Å². The molecular weight excluding hydrogens is 132 g/mol. The summed E-state index contributed by atoms with van der Waals surface area (Å²) in [5.41, 5.74) is 0. The van der Waals surface area contributed by atoms with Crippen LogP contribution in [0.25, 0.3) is 0 Å². The smallest absolute Gasteiger partial charge is 0.148 e. The Bertz CT molecular complexity index is 90.9. The normalized spacial score (nSPS) is 16.3. The summed E-state index contributed by atoms with van der Waals surface area (Å²) in [6.45, 7) is 5.60. The van der Waals surface area contributed by atoms with Gasteiger partial charge in [0.05, 0.1) is 6.10 Å². The predicted molar refractivity (Wildman–Crippen MR) is 37.5 cm³/mol. The molecule has 0 aromatic heterocycles. The summed E-state index contributed by atoms with van der Waals surface area (Å²) < 4.78 is 4.93. The molecule has 2 unspecified atom stereocenters. The first kappa shape index (κ1) is 9.59. The molecule has 0 fully saturated rings. The molecule has 0 aromatic rings. The Morgan fingerprint density at radius 1 is 1.80 bits per heavy atom. The first-order valence-electron chi connectivity index (χ1n) is 3.28. The molecule has 2 atom stereocenters. The summed E-state index contributed by atoms with van der Waals surface area (Å²) in [5, 5.41) is 8.73. The van der Waals surface area contributed by atoms with Crippen LogP contribution in [0.15, 0.2) is 0 Å². The highest BCUT2D eigenvalue weighted by atomic mass is 16.5. The van der Waals surface area contributed by atoms with Gasteiger partial charge in [-0.1, -0.05) is 0 Å². The van der Waals surface area contributed by atoms with Gasteiger partial charge in [0.1, 0.15) is 12.4 Å². The standard InChI is InChI=1S/C7H13O3/c1-3-10-7(5-8)4-6(2)9/h5-7,9H,2-4H2,1H3. The van der Waals surface area contributed by atoms with E-state index in [1.54, 1.807) is 6.92 Å². The van der Waals surface area contributed by atoms with Crippen molar-refractivity contribution in [3.8, 4) is 0 Å². The minimum Gasteiger partial charge on any atom is -0.393 e. The van der Waals surface area contributed by atoms with Gasteiger partial charge in [-0.25, -0.2) is 0 Å². The number of aldehydes is 1. The van der Waals surface area contributed by atoms with E-state index in [9.17, 15) is 4.79 Å². The van der Waals surface area contributed by atoms with Crippen LogP contribution in [0.4, 0.5) is 0 Å². The van der Waals surface area contributed by atoms with Crippen LogP contribution in [-0.4, -0.2) is 30.2 Å². The number of aliphatic hydroxyl groups excluding tert-OH is 1. The fourth-order valence-corrected chi connectivity index (χ4v) is 0.645. The molecule has 0 heterocycles. The van der Waals surface area contributed by atoms with E-state index in [4.69, 9.17) is 9.84 Å². The Kier molecular flexibility index (Phi) is 5.16. The summed E-state index contributed by atoms with van der Waals surface area (Å²) >= 11 is 0. The highest BCUT2D eigenvalue weighted by Crippen LogP contribution is 1.98. The molecule has 1 radical (unpaired) electrons. The summed E-state index contributed by atoms with van der Waals surface area (Å²) in [6, 6.07) is 0. The van der Waals surface area contributed by atoms with Crippen LogP contribution in [0.3, 0.4) is 0 Å². The molecule has 59 valence electrons. The van der Waals surface area contributed by atoms with Gasteiger partial charge in [-0.05, 0) is 13.8 Å². The second-order valence-electron chi connectivity index (χ2n) is 2.02. The lowest BCUT2D eigenvalue weighted by Crippen LogP contribution is -2.20. The number of rotatable bonds is 5. The van der Waals surface area contributed by atoms with E-state index >= 15 is 0 Å². The lowest BCUT2D eigenvalue weighted by atomic mass is 10.2. The van der Waals surface area contributed by atoms with Gasteiger partial charge in [0, 0.05) is 13.0 Å². The average molecular weight is 145 g/mol. The minimum absolute atomic E-state index is 0.275. The van der Waals surface area contributed by atoms with Gasteiger partial charge in [-0.2, -0.15) is 0 Å². The Morgan fingerprint density at radius 2 is 2.40 bits per heavy atom. The van der Waals surface area contributed by atoms with E-state index in [0.29, 0.717) is 12.9 Å². The molecule has 0 bridgehead atoms. The number of hydrogen-bond donors (Lipinski definition) is 1. The second-order valence-corrected chi connectivity index (χ2v) is 2.02. The SMILES string of the molecule is [CH2]C(O)CC(C=O)OCC. The van der Waals surface area contributed by atoms with Gasteiger partial charge in [-0.3, -0.25) is 0 Å². The first-order chi connectivity index (χ1) is 4.70. The molecule has 0 aliphatic carbocycles. The molecule has 0 spiro atoms. The zero-order valence-corrected chi connectivity index (χ0v) is 6.12. The predicted octanol–water partition coefficient (Wildman–Crippen LogP) is 0.175. The minimum atomic E-state index is -0.721. The highest BCUT2D eigenvalue weighted by molar-refractivity contribution is 5.55. The molecule has 0 aliphatic rings. The number of ether oxygens (including phenoxy) is 1. The largest absolute Gasteiger partial charge is 0.393 e. The molecule has 0 aliphatic heterocycles. The molecule has 3 heteroatoms. The van der Waals surface area contributed by atoms with Crippen LogP contribution in [0, 0.1) is 6.92 Å². The summed E-state index contributed by atoms with van der Waals surface area (Å²) in [5.74, 6) is 0. The third-order valence-electron chi connectivity index (χ3n) is 1.04. The van der Waals surface area contributed by atoms with Crippen LogP contribution in [-0.2, 0) is 9.53 Å². The van der Waals surface area contributed by atoms with Gasteiger partial charge >= 0.3 is 0 Å². The Labute approximate surface area is 61.0 Å². The Hall–Kier alpha value is -0.410. The van der Waals surface area contributed by atoms with Crippen LogP contribution in [0.2, 0.25) is 0 Å². The first-order valence-corrected chi connectivity index (χ1v) is 3.28. The Morgan fingerprint density at radius 3 is 2.70 bits per heavy atom. The van der Waals surface area contributed by atoms with Crippen LogP contribution in [0.5, 0.6) is 0 Å². The van der Waals surface area contributed by atoms with Crippen molar-refractivity contribution in [3.05, 3.63) is 6.92 Å². The summed E-state index contributed by atoms with van der Waals surface area (Å²) in [6.07, 6.45) is -0.269. The molecule has 1 N–H and O–H groups in total. The maximum atomic E-state index is 10.2. The van der Waals surface area contributed by atoms with E-state index in [2.05, 4.69) is 6.92 Å². The van der Waals surface area contributed by atoms with Gasteiger partial charge in [0.15, 0.2) is 0 Å². The van der Waals surface area contributed by atoms with Crippen molar-refractivity contribution in [2.45, 2.75) is 25.6 Å². The maximum Gasteiger partial charge on any atom is 0.148 e. The average Bonchev–Trinajstić information content (AvgIpc) is 1.86. The fraction of sp³-hybridized carbons (Fsp3) is 0.714. The van der Waals surface area contributed by atoms with E-state index in [1.807, 2.05) is 0 Å². The van der Waals surface area contributed by atoms with Gasteiger partial charge in [0.2, 0.25) is 0 Å². The summed E-state index contributed by atoms with van der Waals surface area (Å²) in [4.78, 5) is 10.2. The molecule has 0 saturated heterocycles. The topological polar surface area (TPSA) is 46.5 Å². The quantitative estimate of drug-likeness (QED) is 0.561. The van der Waals surface area contributed by atoms with Gasteiger partial charge in [-0.15, -0.1) is 0 Å².